The number of esters is 1. The molecule has 1 fully saturated rings. The monoisotopic (exact) mass is 283 g/mol. The van der Waals surface area contributed by atoms with Crippen LogP contribution in [0.5, 0.6) is 0 Å². The number of rotatable bonds is 3. The number of benzene rings is 1. The maximum Gasteiger partial charge on any atom is 0.314 e. The molecule has 0 unspecified atom stereocenters. The van der Waals surface area contributed by atoms with E-state index in [-0.39, 0.29) is 30.3 Å². The third-order valence-electron chi connectivity index (χ3n) is 3.61. The van der Waals surface area contributed by atoms with Gasteiger partial charge in [-0.05, 0) is 31.9 Å². The molecule has 3 nitrogen and oxygen atoms in total. The Bertz CT molecular complexity index is 416. The van der Waals surface area contributed by atoms with E-state index in [0.29, 0.717) is 0 Å². The molecule has 0 aromatic heterocycles. The first-order chi connectivity index (χ1) is 8.72. The van der Waals surface area contributed by atoms with Crippen LogP contribution in [0.25, 0.3) is 0 Å². The summed E-state index contributed by atoms with van der Waals surface area (Å²) in [5, 5.41) is 3.45. The number of hydrogen-bond acceptors (Lipinski definition) is 3. The van der Waals surface area contributed by atoms with E-state index in [1.54, 1.807) is 0 Å². The van der Waals surface area contributed by atoms with Crippen LogP contribution in [0.2, 0.25) is 0 Å². The highest BCUT2D eigenvalue weighted by molar-refractivity contribution is 5.85. The van der Waals surface area contributed by atoms with Gasteiger partial charge in [0.15, 0.2) is 0 Å². The lowest BCUT2D eigenvalue weighted by Gasteiger charge is -2.30. The summed E-state index contributed by atoms with van der Waals surface area (Å²) in [5.41, 5.74) is 2.23. The van der Waals surface area contributed by atoms with Crippen LogP contribution in [0.1, 0.15) is 36.3 Å². The summed E-state index contributed by atoms with van der Waals surface area (Å²) in [4.78, 5) is 12.1. The van der Waals surface area contributed by atoms with E-state index in [4.69, 9.17) is 4.74 Å². The van der Waals surface area contributed by atoms with E-state index in [1.807, 2.05) is 25.1 Å². The van der Waals surface area contributed by atoms with Gasteiger partial charge in [-0.3, -0.25) is 4.79 Å². The van der Waals surface area contributed by atoms with Crippen LogP contribution >= 0.6 is 12.4 Å². The molecule has 1 aromatic rings. The van der Waals surface area contributed by atoms with Gasteiger partial charge in [0.05, 0.1) is 13.0 Å². The Balaban J connectivity index is 0.00000180. The normalized spacial score (nSPS) is 20.2. The number of aryl methyl sites for hydroxylation is 1. The van der Waals surface area contributed by atoms with Crippen LogP contribution in [0.15, 0.2) is 24.3 Å². The molecule has 2 atom stereocenters. The lowest BCUT2D eigenvalue weighted by atomic mass is 9.86. The Morgan fingerprint density at radius 2 is 2.21 bits per heavy atom. The second kappa shape index (κ2) is 7.51. The molecule has 106 valence electrons. The quantitative estimate of drug-likeness (QED) is 0.867. The summed E-state index contributed by atoms with van der Waals surface area (Å²) >= 11 is 0. The number of ether oxygens (including phenoxy) is 1. The fourth-order valence-corrected chi connectivity index (χ4v) is 2.69. The highest BCUT2D eigenvalue weighted by Crippen LogP contribution is 2.27. The van der Waals surface area contributed by atoms with Gasteiger partial charge in [-0.15, -0.1) is 12.4 Å². The first-order valence-electron chi connectivity index (χ1n) is 6.60. The Morgan fingerprint density at radius 3 is 2.79 bits per heavy atom. The zero-order valence-electron chi connectivity index (χ0n) is 11.5. The molecule has 0 radical (unpaired) electrons. The molecule has 0 spiro atoms. The summed E-state index contributed by atoms with van der Waals surface area (Å²) in [7, 11) is 1.47. The minimum Gasteiger partial charge on any atom is -0.469 e. The second-order valence-electron chi connectivity index (χ2n) is 4.97. The average Bonchev–Trinajstić information content (AvgIpc) is 2.40. The Morgan fingerprint density at radius 1 is 1.42 bits per heavy atom. The number of piperidine rings is 1. The first-order valence-corrected chi connectivity index (χ1v) is 6.60. The van der Waals surface area contributed by atoms with Gasteiger partial charge in [-0.2, -0.15) is 0 Å². The van der Waals surface area contributed by atoms with Crippen molar-refractivity contribution in [2.75, 3.05) is 13.7 Å². The zero-order valence-corrected chi connectivity index (χ0v) is 12.3. The van der Waals surface area contributed by atoms with Crippen molar-refractivity contribution in [1.29, 1.82) is 0 Å². The smallest absolute Gasteiger partial charge is 0.314 e. The van der Waals surface area contributed by atoms with Crippen LogP contribution in [0, 0.1) is 6.92 Å². The average molecular weight is 284 g/mol. The molecule has 19 heavy (non-hydrogen) atoms. The topological polar surface area (TPSA) is 38.3 Å². The molecular weight excluding hydrogens is 262 g/mol. The number of halogens is 1. The van der Waals surface area contributed by atoms with Crippen molar-refractivity contribution in [3.63, 3.8) is 0 Å². The summed E-state index contributed by atoms with van der Waals surface area (Å²) in [6.07, 6.45) is 3.41. The highest BCUT2D eigenvalue weighted by atomic mass is 35.5. The van der Waals surface area contributed by atoms with E-state index >= 15 is 0 Å². The molecule has 0 saturated carbocycles. The fraction of sp³-hybridized carbons (Fsp3) is 0.533. The van der Waals surface area contributed by atoms with Crippen LogP contribution < -0.4 is 5.32 Å². The Hall–Kier alpha value is -1.06. The molecule has 0 amide bonds. The minimum absolute atomic E-state index is 0. The van der Waals surface area contributed by atoms with Gasteiger partial charge in [0, 0.05) is 6.04 Å². The number of hydrogen-bond donors (Lipinski definition) is 1. The van der Waals surface area contributed by atoms with Gasteiger partial charge in [-0.1, -0.05) is 36.2 Å². The van der Waals surface area contributed by atoms with Gasteiger partial charge < -0.3 is 10.1 Å². The maximum atomic E-state index is 12.1. The number of carbonyl (C=O) groups is 1. The van der Waals surface area contributed by atoms with Crippen molar-refractivity contribution in [2.24, 2.45) is 0 Å². The third-order valence-corrected chi connectivity index (χ3v) is 3.61. The molecule has 1 heterocycles. The van der Waals surface area contributed by atoms with Crippen molar-refractivity contribution in [1.82, 2.24) is 5.32 Å². The molecule has 0 aliphatic carbocycles. The van der Waals surface area contributed by atoms with Crippen LogP contribution in [-0.2, 0) is 9.53 Å². The van der Waals surface area contributed by atoms with Crippen molar-refractivity contribution in [3.8, 4) is 0 Å². The molecule has 1 aliphatic rings. The third kappa shape index (κ3) is 3.95. The van der Waals surface area contributed by atoms with Gasteiger partial charge in [0.25, 0.3) is 0 Å². The van der Waals surface area contributed by atoms with Crippen LogP contribution in [-0.4, -0.2) is 25.7 Å². The van der Waals surface area contributed by atoms with Crippen molar-refractivity contribution < 1.29 is 9.53 Å². The van der Waals surface area contributed by atoms with Gasteiger partial charge in [0.2, 0.25) is 0 Å². The van der Waals surface area contributed by atoms with E-state index in [0.717, 1.165) is 18.5 Å². The summed E-state index contributed by atoms with van der Waals surface area (Å²) in [6.45, 7) is 3.04. The number of nitrogens with one attached hydrogen (secondary N) is 1. The van der Waals surface area contributed by atoms with Crippen molar-refractivity contribution >= 4 is 18.4 Å². The van der Waals surface area contributed by atoms with Crippen LogP contribution in [0.3, 0.4) is 0 Å². The maximum absolute atomic E-state index is 12.1. The van der Waals surface area contributed by atoms with E-state index in [1.165, 1.54) is 25.5 Å². The second-order valence-corrected chi connectivity index (χ2v) is 4.97. The van der Waals surface area contributed by atoms with Gasteiger partial charge >= 0.3 is 5.97 Å². The Kier molecular flexibility index (Phi) is 6.32. The SMILES string of the molecule is COC(=O)[C@@H](c1cccc(C)c1)[C@@H]1CCCCN1.Cl. The first kappa shape index (κ1) is 16.0. The lowest BCUT2D eigenvalue weighted by Crippen LogP contribution is -2.42. The number of carbonyl (C=O) groups excluding carboxylic acids is 1. The fourth-order valence-electron chi connectivity index (χ4n) is 2.69. The van der Waals surface area contributed by atoms with Crippen molar-refractivity contribution in [2.45, 2.75) is 38.1 Å². The Labute approximate surface area is 121 Å². The summed E-state index contributed by atoms with van der Waals surface area (Å²) < 4.78 is 4.98. The van der Waals surface area contributed by atoms with Gasteiger partial charge in [0.1, 0.15) is 0 Å². The zero-order chi connectivity index (χ0) is 13.0. The van der Waals surface area contributed by atoms with Gasteiger partial charge in [-0.25, -0.2) is 0 Å². The standard InChI is InChI=1S/C15H21NO2.ClH/c1-11-6-5-7-12(10-11)14(15(17)18-2)13-8-3-4-9-16-13;/h5-7,10,13-14,16H,3-4,8-9H2,1-2H3;1H/t13-,14-;/m0./s1. The molecule has 1 N–H and O–H groups in total. The highest BCUT2D eigenvalue weighted by Gasteiger charge is 2.31. The lowest BCUT2D eigenvalue weighted by molar-refractivity contribution is -0.143. The molecule has 1 saturated heterocycles. The van der Waals surface area contributed by atoms with Crippen molar-refractivity contribution in [3.05, 3.63) is 35.4 Å². The molecule has 1 aromatic carbocycles. The molecule has 4 heteroatoms. The molecular formula is C15H22ClNO2. The van der Waals surface area contributed by atoms with E-state index < -0.39 is 0 Å². The largest absolute Gasteiger partial charge is 0.469 e. The molecule has 1 aliphatic heterocycles. The van der Waals surface area contributed by atoms with E-state index in [2.05, 4.69) is 11.4 Å². The molecule has 0 bridgehead atoms. The molecule has 2 rings (SSSR count). The van der Waals surface area contributed by atoms with E-state index in [9.17, 15) is 4.79 Å². The predicted octanol–water partition coefficient (Wildman–Crippen LogP) is 2.82. The summed E-state index contributed by atoms with van der Waals surface area (Å²) in [5.74, 6) is -0.324. The number of methoxy groups -OCH3 is 1. The summed E-state index contributed by atoms with van der Waals surface area (Å²) in [6, 6.07) is 8.35. The minimum atomic E-state index is -0.185. The van der Waals surface area contributed by atoms with Crippen LogP contribution in [0.4, 0.5) is 0 Å². The predicted molar refractivity (Wildman–Crippen MR) is 78.8 cm³/mol.